The molecule has 0 aliphatic carbocycles. The minimum atomic E-state index is -0.964. The predicted octanol–water partition coefficient (Wildman–Crippen LogP) is 3.19. The van der Waals surface area contributed by atoms with Gasteiger partial charge in [-0.15, -0.1) is 11.3 Å². The smallest absolute Gasteiger partial charge is 0.304 e. The number of hydrogen-bond donors (Lipinski definition) is 1. The molecule has 0 bridgehead atoms. The molecule has 1 N–H and O–H groups in total. The molecule has 92 valence electrons. The molecule has 0 saturated heterocycles. The van der Waals surface area contributed by atoms with Gasteiger partial charge in [-0.1, -0.05) is 36.4 Å². The fourth-order valence-corrected chi connectivity index (χ4v) is 2.53. The van der Waals surface area contributed by atoms with Gasteiger partial charge in [-0.05, 0) is 17.0 Å². The van der Waals surface area contributed by atoms with Crippen molar-refractivity contribution >= 4 is 23.1 Å². The van der Waals surface area contributed by atoms with E-state index in [9.17, 15) is 9.59 Å². The van der Waals surface area contributed by atoms with Crippen LogP contribution in [-0.2, 0) is 4.79 Å². The van der Waals surface area contributed by atoms with E-state index in [1.165, 1.54) is 11.3 Å². The zero-order valence-electron chi connectivity index (χ0n) is 9.58. The predicted molar refractivity (Wildman–Crippen MR) is 70.1 cm³/mol. The van der Waals surface area contributed by atoms with Crippen LogP contribution in [0.5, 0.6) is 0 Å². The van der Waals surface area contributed by atoms with Crippen LogP contribution < -0.4 is 0 Å². The van der Waals surface area contributed by atoms with E-state index in [0.29, 0.717) is 4.88 Å². The lowest BCUT2D eigenvalue weighted by Crippen LogP contribution is -2.16. The molecule has 0 amide bonds. The zero-order chi connectivity index (χ0) is 13.0. The fraction of sp³-hybridized carbons (Fsp3) is 0.143. The van der Waals surface area contributed by atoms with Gasteiger partial charge in [-0.2, -0.15) is 0 Å². The number of rotatable bonds is 5. The van der Waals surface area contributed by atoms with E-state index in [-0.39, 0.29) is 12.2 Å². The van der Waals surface area contributed by atoms with Crippen LogP contribution in [0.25, 0.3) is 0 Å². The number of Topliss-reactive ketones (excluding diaryl/α,β-unsaturated/α-hetero) is 1. The minimum Gasteiger partial charge on any atom is -0.481 e. The van der Waals surface area contributed by atoms with Crippen molar-refractivity contribution in [2.24, 2.45) is 0 Å². The van der Waals surface area contributed by atoms with Crippen LogP contribution in [0.1, 0.15) is 27.6 Å². The number of carbonyl (C=O) groups excluding carboxylic acids is 1. The van der Waals surface area contributed by atoms with E-state index < -0.39 is 11.9 Å². The molecule has 0 aliphatic heterocycles. The van der Waals surface area contributed by atoms with E-state index in [0.717, 1.165) is 5.56 Å². The van der Waals surface area contributed by atoms with Crippen LogP contribution in [0.15, 0.2) is 47.8 Å². The molecule has 0 spiro atoms. The van der Waals surface area contributed by atoms with Crippen LogP contribution in [0.4, 0.5) is 0 Å². The Bertz CT molecular complexity index is 531. The molecule has 0 radical (unpaired) electrons. The number of carboxylic acids is 1. The SMILES string of the molecule is O=C(O)CC(C(=O)c1cccs1)c1ccccc1. The summed E-state index contributed by atoms with van der Waals surface area (Å²) < 4.78 is 0. The molecule has 1 unspecified atom stereocenters. The van der Waals surface area contributed by atoms with Gasteiger partial charge in [0.05, 0.1) is 17.2 Å². The van der Waals surface area contributed by atoms with Crippen molar-refractivity contribution in [3.8, 4) is 0 Å². The maximum Gasteiger partial charge on any atom is 0.304 e. The molecular weight excluding hydrogens is 248 g/mol. The molecule has 1 aromatic heterocycles. The average molecular weight is 260 g/mol. The van der Waals surface area contributed by atoms with Gasteiger partial charge >= 0.3 is 5.97 Å². The first-order valence-electron chi connectivity index (χ1n) is 5.53. The molecular formula is C14H12O3S. The van der Waals surface area contributed by atoms with Gasteiger partial charge in [0.15, 0.2) is 5.78 Å². The Labute approximate surface area is 109 Å². The van der Waals surface area contributed by atoms with Crippen LogP contribution in [-0.4, -0.2) is 16.9 Å². The van der Waals surface area contributed by atoms with Gasteiger partial charge < -0.3 is 5.11 Å². The molecule has 2 rings (SSSR count). The lowest BCUT2D eigenvalue weighted by atomic mass is 9.91. The van der Waals surface area contributed by atoms with Crippen molar-refractivity contribution in [3.05, 3.63) is 58.3 Å². The number of hydrogen-bond acceptors (Lipinski definition) is 3. The van der Waals surface area contributed by atoms with Crippen molar-refractivity contribution in [2.75, 3.05) is 0 Å². The standard InChI is InChI=1S/C14H12O3S/c15-13(16)9-11(10-5-2-1-3-6-10)14(17)12-7-4-8-18-12/h1-8,11H,9H2,(H,15,16). The van der Waals surface area contributed by atoms with E-state index >= 15 is 0 Å². The Morgan fingerprint density at radius 3 is 2.39 bits per heavy atom. The number of thiophene rings is 1. The van der Waals surface area contributed by atoms with Crippen LogP contribution >= 0.6 is 11.3 Å². The number of aliphatic carboxylic acids is 1. The first kappa shape index (κ1) is 12.5. The highest BCUT2D eigenvalue weighted by molar-refractivity contribution is 7.12. The molecule has 1 atom stereocenters. The third-order valence-electron chi connectivity index (χ3n) is 2.66. The molecule has 2 aromatic rings. The van der Waals surface area contributed by atoms with Gasteiger partial charge in [0.2, 0.25) is 0 Å². The maximum absolute atomic E-state index is 12.3. The molecule has 0 fully saturated rings. The third kappa shape index (κ3) is 2.84. The summed E-state index contributed by atoms with van der Waals surface area (Å²) in [7, 11) is 0. The van der Waals surface area contributed by atoms with Crippen molar-refractivity contribution in [3.63, 3.8) is 0 Å². The summed E-state index contributed by atoms with van der Waals surface area (Å²) in [5, 5.41) is 10.8. The Morgan fingerprint density at radius 2 is 1.83 bits per heavy atom. The highest BCUT2D eigenvalue weighted by Gasteiger charge is 2.25. The highest BCUT2D eigenvalue weighted by atomic mass is 32.1. The Morgan fingerprint density at radius 1 is 1.11 bits per heavy atom. The minimum absolute atomic E-state index is 0.126. The number of carbonyl (C=O) groups is 2. The molecule has 1 aromatic carbocycles. The van der Waals surface area contributed by atoms with Crippen LogP contribution in [0, 0.1) is 0 Å². The van der Waals surface area contributed by atoms with Gasteiger partial charge in [0.1, 0.15) is 0 Å². The van der Waals surface area contributed by atoms with E-state index in [1.54, 1.807) is 24.3 Å². The molecule has 3 nitrogen and oxygen atoms in total. The second-order valence-corrected chi connectivity index (χ2v) is 4.85. The highest BCUT2D eigenvalue weighted by Crippen LogP contribution is 2.26. The molecule has 18 heavy (non-hydrogen) atoms. The number of carboxylic acid groups (broad SMARTS) is 1. The maximum atomic E-state index is 12.3. The zero-order valence-corrected chi connectivity index (χ0v) is 10.4. The summed E-state index contributed by atoms with van der Waals surface area (Å²) >= 11 is 1.34. The molecule has 0 saturated carbocycles. The largest absolute Gasteiger partial charge is 0.481 e. The van der Waals surface area contributed by atoms with E-state index in [2.05, 4.69) is 0 Å². The Hall–Kier alpha value is -1.94. The summed E-state index contributed by atoms with van der Waals surface area (Å²) in [4.78, 5) is 23.8. The molecule has 1 heterocycles. The molecule has 4 heteroatoms. The summed E-state index contributed by atoms with van der Waals surface area (Å²) in [6, 6.07) is 12.6. The van der Waals surface area contributed by atoms with Crippen molar-refractivity contribution in [1.29, 1.82) is 0 Å². The normalized spacial score (nSPS) is 12.0. The summed E-state index contributed by atoms with van der Waals surface area (Å²) in [6.07, 6.45) is -0.180. The van der Waals surface area contributed by atoms with Crippen molar-refractivity contribution in [2.45, 2.75) is 12.3 Å². The summed E-state index contributed by atoms with van der Waals surface area (Å²) in [5.41, 5.74) is 0.748. The van der Waals surface area contributed by atoms with Gasteiger partial charge in [-0.3, -0.25) is 9.59 Å². The lowest BCUT2D eigenvalue weighted by Gasteiger charge is -2.13. The number of ketones is 1. The topological polar surface area (TPSA) is 54.4 Å². The Kier molecular flexibility index (Phi) is 3.89. The molecule has 0 aliphatic rings. The fourth-order valence-electron chi connectivity index (χ4n) is 1.81. The number of benzene rings is 1. The average Bonchev–Trinajstić information content (AvgIpc) is 2.90. The van der Waals surface area contributed by atoms with Gasteiger partial charge in [0, 0.05) is 0 Å². The summed E-state index contributed by atoms with van der Waals surface area (Å²) in [5.74, 6) is -1.70. The van der Waals surface area contributed by atoms with E-state index in [4.69, 9.17) is 5.11 Å². The first-order valence-corrected chi connectivity index (χ1v) is 6.41. The van der Waals surface area contributed by atoms with Gasteiger partial charge in [-0.25, -0.2) is 0 Å². The van der Waals surface area contributed by atoms with Gasteiger partial charge in [0.25, 0.3) is 0 Å². The second-order valence-electron chi connectivity index (χ2n) is 3.90. The van der Waals surface area contributed by atoms with Crippen LogP contribution in [0.3, 0.4) is 0 Å². The van der Waals surface area contributed by atoms with Crippen molar-refractivity contribution in [1.82, 2.24) is 0 Å². The first-order chi connectivity index (χ1) is 8.68. The van der Waals surface area contributed by atoms with Crippen molar-refractivity contribution < 1.29 is 14.7 Å². The monoisotopic (exact) mass is 260 g/mol. The quantitative estimate of drug-likeness (QED) is 0.840. The third-order valence-corrected chi connectivity index (χ3v) is 3.55. The van der Waals surface area contributed by atoms with Crippen LogP contribution in [0.2, 0.25) is 0 Å². The Balaban J connectivity index is 2.31. The second kappa shape index (κ2) is 5.60. The van der Waals surface area contributed by atoms with E-state index in [1.807, 2.05) is 23.6 Å². The lowest BCUT2D eigenvalue weighted by molar-refractivity contribution is -0.137. The summed E-state index contributed by atoms with van der Waals surface area (Å²) in [6.45, 7) is 0.